The molecule has 1 heterocycles. The maximum absolute atomic E-state index is 5.98. The normalized spacial score (nSPS) is 12.2. The van der Waals surface area contributed by atoms with Crippen LogP contribution in [0.2, 0.25) is 5.02 Å². The fraction of sp³-hybridized carbons (Fsp3) is 0.158. The third-order valence-corrected chi connectivity index (χ3v) is 4.87. The summed E-state index contributed by atoms with van der Waals surface area (Å²) >= 11 is 7.78. The van der Waals surface area contributed by atoms with Crippen molar-refractivity contribution in [3.8, 4) is 0 Å². The van der Waals surface area contributed by atoms with Gasteiger partial charge in [0.1, 0.15) is 0 Å². The van der Waals surface area contributed by atoms with Crippen LogP contribution in [0.4, 0.5) is 0 Å². The van der Waals surface area contributed by atoms with E-state index in [0.29, 0.717) is 6.04 Å². The third kappa shape index (κ3) is 4.20. The lowest BCUT2D eigenvalue weighted by molar-refractivity contribution is 0.538. The highest BCUT2D eigenvalue weighted by Gasteiger charge is 2.13. The SMILES string of the molecule is Clc1ccc(CC(NCc2ccccc2)c2cccs2)cc1. The second-order valence-corrected chi connectivity index (χ2v) is 6.68. The zero-order chi connectivity index (χ0) is 15.2. The summed E-state index contributed by atoms with van der Waals surface area (Å²) in [5.41, 5.74) is 2.60. The van der Waals surface area contributed by atoms with Crippen molar-refractivity contribution in [3.63, 3.8) is 0 Å². The summed E-state index contributed by atoms with van der Waals surface area (Å²) in [5, 5.41) is 6.60. The van der Waals surface area contributed by atoms with Crippen LogP contribution in [-0.2, 0) is 13.0 Å². The van der Waals surface area contributed by atoms with Crippen molar-refractivity contribution >= 4 is 22.9 Å². The third-order valence-electron chi connectivity index (χ3n) is 3.64. The molecule has 0 aliphatic carbocycles. The van der Waals surface area contributed by atoms with E-state index in [-0.39, 0.29) is 0 Å². The average molecular weight is 328 g/mol. The van der Waals surface area contributed by atoms with E-state index in [9.17, 15) is 0 Å². The van der Waals surface area contributed by atoms with Crippen LogP contribution in [0.15, 0.2) is 72.1 Å². The van der Waals surface area contributed by atoms with Crippen LogP contribution in [-0.4, -0.2) is 0 Å². The molecule has 0 fully saturated rings. The summed E-state index contributed by atoms with van der Waals surface area (Å²) in [7, 11) is 0. The van der Waals surface area contributed by atoms with Crippen LogP contribution in [0, 0.1) is 0 Å². The smallest absolute Gasteiger partial charge is 0.0458 e. The highest BCUT2D eigenvalue weighted by Crippen LogP contribution is 2.24. The standard InChI is InChI=1S/C19H18ClNS/c20-17-10-8-15(9-11-17)13-18(19-7-4-12-22-19)21-14-16-5-2-1-3-6-16/h1-12,18,21H,13-14H2. The summed E-state index contributed by atoms with van der Waals surface area (Å²) in [4.78, 5) is 1.37. The van der Waals surface area contributed by atoms with Gasteiger partial charge >= 0.3 is 0 Å². The molecule has 0 bridgehead atoms. The molecular weight excluding hydrogens is 310 g/mol. The molecule has 1 N–H and O–H groups in total. The van der Waals surface area contributed by atoms with E-state index in [0.717, 1.165) is 18.0 Å². The van der Waals surface area contributed by atoms with Crippen molar-refractivity contribution in [1.82, 2.24) is 5.32 Å². The van der Waals surface area contributed by atoms with Gasteiger partial charge in [-0.05, 0) is 41.1 Å². The van der Waals surface area contributed by atoms with Crippen molar-refractivity contribution < 1.29 is 0 Å². The van der Waals surface area contributed by atoms with Crippen LogP contribution < -0.4 is 5.32 Å². The van der Waals surface area contributed by atoms with Crippen LogP contribution in [0.25, 0.3) is 0 Å². The largest absolute Gasteiger partial charge is 0.305 e. The fourth-order valence-corrected chi connectivity index (χ4v) is 3.38. The van der Waals surface area contributed by atoms with Crippen LogP contribution >= 0.6 is 22.9 Å². The molecule has 1 aromatic heterocycles. The molecular formula is C19H18ClNS. The Morgan fingerprint density at radius 1 is 0.864 bits per heavy atom. The molecule has 0 radical (unpaired) electrons. The van der Waals surface area contributed by atoms with E-state index < -0.39 is 0 Å². The molecule has 0 spiro atoms. The first-order valence-corrected chi connectivity index (χ1v) is 8.62. The maximum Gasteiger partial charge on any atom is 0.0458 e. The summed E-state index contributed by atoms with van der Waals surface area (Å²) in [5.74, 6) is 0. The highest BCUT2D eigenvalue weighted by atomic mass is 35.5. The lowest BCUT2D eigenvalue weighted by Crippen LogP contribution is -2.22. The first-order chi connectivity index (χ1) is 10.8. The van der Waals surface area contributed by atoms with Crippen LogP contribution in [0.5, 0.6) is 0 Å². The molecule has 112 valence electrons. The number of benzene rings is 2. The molecule has 3 heteroatoms. The summed E-state index contributed by atoms with van der Waals surface area (Å²) in [6, 6.07) is 23.3. The summed E-state index contributed by atoms with van der Waals surface area (Å²) in [6.45, 7) is 0.872. The van der Waals surface area contributed by atoms with E-state index in [1.807, 2.05) is 18.2 Å². The van der Waals surface area contributed by atoms with Gasteiger partial charge < -0.3 is 5.32 Å². The summed E-state index contributed by atoms with van der Waals surface area (Å²) in [6.07, 6.45) is 0.963. The molecule has 0 amide bonds. The Balaban J connectivity index is 1.71. The van der Waals surface area contributed by atoms with Gasteiger partial charge in [0, 0.05) is 22.5 Å². The zero-order valence-corrected chi connectivity index (χ0v) is 13.8. The molecule has 3 rings (SSSR count). The quantitative estimate of drug-likeness (QED) is 0.632. The molecule has 0 aliphatic rings. The highest BCUT2D eigenvalue weighted by molar-refractivity contribution is 7.10. The fourth-order valence-electron chi connectivity index (χ4n) is 2.46. The second-order valence-electron chi connectivity index (χ2n) is 5.27. The molecule has 0 saturated heterocycles. The minimum Gasteiger partial charge on any atom is -0.305 e. The predicted octanol–water partition coefficient (Wildman–Crippen LogP) is 5.48. The van der Waals surface area contributed by atoms with E-state index >= 15 is 0 Å². The molecule has 2 aromatic carbocycles. The topological polar surface area (TPSA) is 12.0 Å². The van der Waals surface area contributed by atoms with Gasteiger partial charge in [-0.2, -0.15) is 0 Å². The lowest BCUT2D eigenvalue weighted by atomic mass is 10.0. The van der Waals surface area contributed by atoms with Crippen molar-refractivity contribution in [2.45, 2.75) is 19.0 Å². The minimum atomic E-state index is 0.321. The first kappa shape index (κ1) is 15.3. The Morgan fingerprint density at radius 3 is 2.32 bits per heavy atom. The number of halogens is 1. The molecule has 0 aliphatic heterocycles. The number of nitrogens with one attached hydrogen (secondary N) is 1. The Morgan fingerprint density at radius 2 is 1.64 bits per heavy atom. The van der Waals surface area contributed by atoms with Crippen molar-refractivity contribution in [3.05, 3.63) is 93.1 Å². The van der Waals surface area contributed by atoms with E-state index in [4.69, 9.17) is 11.6 Å². The number of hydrogen-bond donors (Lipinski definition) is 1. The van der Waals surface area contributed by atoms with Gasteiger partial charge in [0.05, 0.1) is 0 Å². The Kier molecular flexibility index (Phi) is 5.28. The Labute approximate surface area is 140 Å². The number of thiophene rings is 1. The second kappa shape index (κ2) is 7.59. The van der Waals surface area contributed by atoms with Crippen molar-refractivity contribution in [2.24, 2.45) is 0 Å². The van der Waals surface area contributed by atoms with Crippen LogP contribution in [0.1, 0.15) is 22.0 Å². The van der Waals surface area contributed by atoms with E-state index in [1.54, 1.807) is 11.3 Å². The van der Waals surface area contributed by atoms with Gasteiger partial charge in [-0.1, -0.05) is 60.1 Å². The molecule has 1 unspecified atom stereocenters. The van der Waals surface area contributed by atoms with Crippen molar-refractivity contribution in [1.29, 1.82) is 0 Å². The zero-order valence-electron chi connectivity index (χ0n) is 12.2. The van der Waals surface area contributed by atoms with E-state index in [2.05, 4.69) is 59.2 Å². The minimum absolute atomic E-state index is 0.321. The van der Waals surface area contributed by atoms with Gasteiger partial charge in [0.25, 0.3) is 0 Å². The Hall–Kier alpha value is -1.61. The van der Waals surface area contributed by atoms with Gasteiger partial charge in [0.15, 0.2) is 0 Å². The molecule has 1 atom stereocenters. The molecule has 22 heavy (non-hydrogen) atoms. The number of hydrogen-bond acceptors (Lipinski definition) is 2. The van der Waals surface area contributed by atoms with E-state index in [1.165, 1.54) is 16.0 Å². The summed E-state index contributed by atoms with van der Waals surface area (Å²) < 4.78 is 0. The molecule has 0 saturated carbocycles. The van der Waals surface area contributed by atoms with Gasteiger partial charge in [-0.15, -0.1) is 11.3 Å². The van der Waals surface area contributed by atoms with Gasteiger partial charge in [-0.25, -0.2) is 0 Å². The van der Waals surface area contributed by atoms with Crippen molar-refractivity contribution in [2.75, 3.05) is 0 Å². The maximum atomic E-state index is 5.98. The first-order valence-electron chi connectivity index (χ1n) is 7.36. The Bertz CT molecular complexity index is 677. The monoisotopic (exact) mass is 327 g/mol. The molecule has 1 nitrogen and oxygen atoms in total. The number of rotatable bonds is 6. The predicted molar refractivity (Wildman–Crippen MR) is 95.5 cm³/mol. The van der Waals surface area contributed by atoms with Gasteiger partial charge in [-0.3, -0.25) is 0 Å². The lowest BCUT2D eigenvalue weighted by Gasteiger charge is -2.18. The van der Waals surface area contributed by atoms with Gasteiger partial charge in [0.2, 0.25) is 0 Å². The average Bonchev–Trinajstić information content (AvgIpc) is 3.08. The van der Waals surface area contributed by atoms with Crippen LogP contribution in [0.3, 0.4) is 0 Å². The molecule has 3 aromatic rings.